The van der Waals surface area contributed by atoms with Crippen LogP contribution in [0.4, 0.5) is 13.2 Å². The molecule has 1 saturated heterocycles. The Morgan fingerprint density at radius 1 is 1.50 bits per heavy atom. The van der Waals surface area contributed by atoms with Gasteiger partial charge in [0.15, 0.2) is 6.10 Å². The van der Waals surface area contributed by atoms with Crippen LogP contribution in [0.3, 0.4) is 0 Å². The van der Waals surface area contributed by atoms with E-state index in [1.165, 1.54) is 0 Å². The predicted molar refractivity (Wildman–Crippen MR) is 54.9 cm³/mol. The molecule has 0 aromatic heterocycles. The zero-order valence-electron chi connectivity index (χ0n) is 9.37. The van der Waals surface area contributed by atoms with E-state index in [0.29, 0.717) is 19.0 Å². The third kappa shape index (κ3) is 3.61. The van der Waals surface area contributed by atoms with E-state index >= 15 is 0 Å². The van der Waals surface area contributed by atoms with Gasteiger partial charge in [-0.2, -0.15) is 13.2 Å². The van der Waals surface area contributed by atoms with Crippen molar-refractivity contribution in [3.05, 3.63) is 0 Å². The third-order valence-electron chi connectivity index (χ3n) is 3.16. The van der Waals surface area contributed by atoms with E-state index in [0.717, 1.165) is 12.8 Å². The van der Waals surface area contributed by atoms with Crippen molar-refractivity contribution in [2.24, 2.45) is 11.7 Å². The monoisotopic (exact) mass is 240 g/mol. The van der Waals surface area contributed by atoms with Crippen molar-refractivity contribution < 1.29 is 18.3 Å². The summed E-state index contributed by atoms with van der Waals surface area (Å²) in [6.07, 6.45) is -5.14. The van der Waals surface area contributed by atoms with E-state index in [9.17, 15) is 13.2 Å². The SMILES string of the molecule is CC1CCN(CC(O)C(F)(F)F)C(CN)C1. The van der Waals surface area contributed by atoms with Gasteiger partial charge in [0.05, 0.1) is 0 Å². The highest BCUT2D eigenvalue weighted by Gasteiger charge is 2.40. The van der Waals surface area contributed by atoms with E-state index in [-0.39, 0.29) is 12.6 Å². The molecule has 96 valence electrons. The van der Waals surface area contributed by atoms with Crippen LogP contribution in [0, 0.1) is 5.92 Å². The number of aliphatic hydroxyl groups excluding tert-OH is 1. The highest BCUT2D eigenvalue weighted by atomic mass is 19.4. The highest BCUT2D eigenvalue weighted by Crippen LogP contribution is 2.25. The van der Waals surface area contributed by atoms with Gasteiger partial charge >= 0.3 is 6.18 Å². The molecular weight excluding hydrogens is 221 g/mol. The first-order chi connectivity index (χ1) is 7.34. The number of nitrogens with zero attached hydrogens (tertiary/aromatic N) is 1. The maximum Gasteiger partial charge on any atom is 0.415 e. The maximum absolute atomic E-state index is 12.2. The molecule has 6 heteroatoms. The summed E-state index contributed by atoms with van der Waals surface area (Å²) in [6, 6.07) is -0.0410. The maximum atomic E-state index is 12.2. The Labute approximate surface area is 93.4 Å². The molecule has 0 saturated carbocycles. The van der Waals surface area contributed by atoms with Crippen LogP contribution < -0.4 is 5.73 Å². The first-order valence-corrected chi connectivity index (χ1v) is 5.53. The Bertz CT molecular complexity index is 223. The van der Waals surface area contributed by atoms with Gasteiger partial charge < -0.3 is 10.8 Å². The molecule has 3 atom stereocenters. The molecule has 0 amide bonds. The molecule has 1 fully saturated rings. The summed E-state index contributed by atoms with van der Waals surface area (Å²) in [7, 11) is 0. The number of likely N-dealkylation sites (tertiary alicyclic amines) is 1. The van der Waals surface area contributed by atoms with Crippen LogP contribution in [0.15, 0.2) is 0 Å². The summed E-state index contributed by atoms with van der Waals surface area (Å²) in [4.78, 5) is 1.65. The molecule has 1 rings (SSSR count). The van der Waals surface area contributed by atoms with E-state index in [1.54, 1.807) is 4.90 Å². The fourth-order valence-corrected chi connectivity index (χ4v) is 2.11. The Morgan fingerprint density at radius 3 is 2.62 bits per heavy atom. The average Bonchev–Trinajstić information content (AvgIpc) is 2.19. The fraction of sp³-hybridized carbons (Fsp3) is 1.00. The Kier molecular flexibility index (Phi) is 4.58. The van der Waals surface area contributed by atoms with Gasteiger partial charge in [0.1, 0.15) is 0 Å². The van der Waals surface area contributed by atoms with Gasteiger partial charge in [-0.15, -0.1) is 0 Å². The van der Waals surface area contributed by atoms with Crippen LogP contribution in [0.25, 0.3) is 0 Å². The second-order valence-electron chi connectivity index (χ2n) is 4.57. The predicted octanol–water partition coefficient (Wildman–Crippen LogP) is 0.969. The number of alkyl halides is 3. The van der Waals surface area contributed by atoms with Gasteiger partial charge in [-0.3, -0.25) is 4.90 Å². The third-order valence-corrected chi connectivity index (χ3v) is 3.16. The van der Waals surface area contributed by atoms with Crippen molar-refractivity contribution in [3.8, 4) is 0 Å². The number of piperidine rings is 1. The standard InChI is InChI=1S/C10H19F3N2O/c1-7-2-3-15(8(4-7)5-14)6-9(16)10(11,12)13/h7-9,16H,2-6,14H2,1H3. The lowest BCUT2D eigenvalue weighted by Crippen LogP contribution is -2.51. The van der Waals surface area contributed by atoms with Crippen molar-refractivity contribution in [1.82, 2.24) is 4.90 Å². The Balaban J connectivity index is 2.52. The smallest absolute Gasteiger partial charge is 0.382 e. The summed E-state index contributed by atoms with van der Waals surface area (Å²) >= 11 is 0. The van der Waals surface area contributed by atoms with E-state index in [2.05, 4.69) is 6.92 Å². The lowest BCUT2D eigenvalue weighted by molar-refractivity contribution is -0.210. The summed E-state index contributed by atoms with van der Waals surface area (Å²) < 4.78 is 36.6. The molecular formula is C10H19F3N2O. The largest absolute Gasteiger partial charge is 0.415 e. The van der Waals surface area contributed by atoms with Crippen LogP contribution in [-0.2, 0) is 0 Å². The molecule has 0 aliphatic carbocycles. The van der Waals surface area contributed by atoms with E-state index in [4.69, 9.17) is 10.8 Å². The van der Waals surface area contributed by atoms with Crippen molar-refractivity contribution in [2.75, 3.05) is 19.6 Å². The molecule has 3 N–H and O–H groups in total. The quantitative estimate of drug-likeness (QED) is 0.772. The summed E-state index contributed by atoms with van der Waals surface area (Å²) in [5.74, 6) is 0.493. The van der Waals surface area contributed by atoms with Crippen molar-refractivity contribution in [1.29, 1.82) is 0 Å². The van der Waals surface area contributed by atoms with E-state index < -0.39 is 12.3 Å². The van der Waals surface area contributed by atoms with Crippen LogP contribution in [0.2, 0.25) is 0 Å². The number of hydrogen-bond acceptors (Lipinski definition) is 3. The average molecular weight is 240 g/mol. The fourth-order valence-electron chi connectivity index (χ4n) is 2.11. The number of aliphatic hydroxyl groups is 1. The number of halogens is 3. The Morgan fingerprint density at radius 2 is 2.12 bits per heavy atom. The zero-order chi connectivity index (χ0) is 12.3. The summed E-state index contributed by atoms with van der Waals surface area (Å²) in [6.45, 7) is 2.63. The first kappa shape index (κ1) is 13.7. The first-order valence-electron chi connectivity index (χ1n) is 5.53. The van der Waals surface area contributed by atoms with Crippen LogP contribution in [-0.4, -0.2) is 48.0 Å². The van der Waals surface area contributed by atoms with Crippen LogP contribution in [0.1, 0.15) is 19.8 Å². The summed E-state index contributed by atoms with van der Waals surface area (Å²) in [5.41, 5.74) is 5.54. The van der Waals surface area contributed by atoms with Gasteiger partial charge in [-0.1, -0.05) is 6.92 Å². The van der Waals surface area contributed by atoms with Gasteiger partial charge in [0.25, 0.3) is 0 Å². The second kappa shape index (κ2) is 5.33. The number of rotatable bonds is 3. The molecule has 0 radical (unpaired) electrons. The van der Waals surface area contributed by atoms with Crippen molar-refractivity contribution in [3.63, 3.8) is 0 Å². The lowest BCUT2D eigenvalue weighted by atomic mass is 9.92. The van der Waals surface area contributed by atoms with Gasteiger partial charge in [0.2, 0.25) is 0 Å². The zero-order valence-corrected chi connectivity index (χ0v) is 9.37. The number of β-amino-alcohol motifs (C(OH)–C–C–N with tert-alkyl or cyclic N) is 1. The normalized spacial score (nSPS) is 30.4. The molecule has 1 aliphatic rings. The molecule has 16 heavy (non-hydrogen) atoms. The van der Waals surface area contributed by atoms with Crippen molar-refractivity contribution in [2.45, 2.75) is 38.1 Å². The number of nitrogens with two attached hydrogens (primary N) is 1. The minimum absolute atomic E-state index is 0.0410. The molecule has 0 bridgehead atoms. The van der Waals surface area contributed by atoms with Gasteiger partial charge in [0, 0.05) is 19.1 Å². The molecule has 1 aliphatic heterocycles. The van der Waals surface area contributed by atoms with Gasteiger partial charge in [-0.05, 0) is 25.3 Å². The molecule has 1 heterocycles. The minimum atomic E-state index is -4.54. The molecule has 0 aromatic carbocycles. The molecule has 0 aromatic rings. The minimum Gasteiger partial charge on any atom is -0.382 e. The van der Waals surface area contributed by atoms with Gasteiger partial charge in [-0.25, -0.2) is 0 Å². The molecule has 3 nitrogen and oxygen atoms in total. The second-order valence-corrected chi connectivity index (χ2v) is 4.57. The lowest BCUT2D eigenvalue weighted by Gasteiger charge is -2.39. The van der Waals surface area contributed by atoms with E-state index in [1.807, 2.05) is 0 Å². The Hall–Kier alpha value is -0.330. The molecule has 3 unspecified atom stereocenters. The topological polar surface area (TPSA) is 49.5 Å². The molecule has 0 spiro atoms. The summed E-state index contributed by atoms with van der Waals surface area (Å²) in [5, 5.41) is 9.01. The van der Waals surface area contributed by atoms with Crippen LogP contribution in [0.5, 0.6) is 0 Å². The highest BCUT2D eigenvalue weighted by molar-refractivity contribution is 4.83. The van der Waals surface area contributed by atoms with Crippen LogP contribution >= 0.6 is 0 Å². The van der Waals surface area contributed by atoms with Crippen molar-refractivity contribution >= 4 is 0 Å². The number of hydrogen-bond donors (Lipinski definition) is 2.